The number of carbonyl (C=O) groups excluding carboxylic acids is 1. The number of aliphatic hydroxyl groups is 1. The molecule has 1 amide bonds. The van der Waals surface area contributed by atoms with Crippen LogP contribution in [0.2, 0.25) is 0 Å². The molecule has 1 aromatic rings. The third-order valence-electron chi connectivity index (χ3n) is 3.12. The molecule has 2 rings (SSSR count). The molecule has 17 heavy (non-hydrogen) atoms. The van der Waals surface area contributed by atoms with Crippen molar-refractivity contribution in [2.75, 3.05) is 6.61 Å². The van der Waals surface area contributed by atoms with Crippen LogP contribution in [0.4, 0.5) is 0 Å². The zero-order chi connectivity index (χ0) is 12.3. The van der Waals surface area contributed by atoms with Gasteiger partial charge < -0.3 is 16.2 Å². The predicted octanol–water partition coefficient (Wildman–Crippen LogP) is 0.198. The van der Waals surface area contributed by atoms with E-state index in [0.717, 1.165) is 18.4 Å². The van der Waals surface area contributed by atoms with Gasteiger partial charge in [-0.15, -0.1) is 0 Å². The number of aliphatic hydroxyl groups excluding tert-OH is 1. The molecule has 1 unspecified atom stereocenters. The Morgan fingerprint density at radius 3 is 2.59 bits per heavy atom. The second kappa shape index (κ2) is 4.85. The number of carbonyl (C=O) groups is 1. The first-order chi connectivity index (χ1) is 8.14. The molecule has 1 saturated carbocycles. The van der Waals surface area contributed by atoms with Crippen molar-refractivity contribution in [3.63, 3.8) is 0 Å². The van der Waals surface area contributed by atoms with E-state index in [1.165, 1.54) is 0 Å². The summed E-state index contributed by atoms with van der Waals surface area (Å²) < 4.78 is 0. The van der Waals surface area contributed by atoms with Crippen LogP contribution in [0.25, 0.3) is 0 Å². The maximum Gasteiger partial charge on any atom is 0.240 e. The predicted molar refractivity (Wildman–Crippen MR) is 65.3 cm³/mol. The average Bonchev–Trinajstić information content (AvgIpc) is 3.09. The fraction of sp³-hybridized carbons (Fsp3) is 0.462. The number of nitrogens with two attached hydrogens (primary N) is 1. The van der Waals surface area contributed by atoms with Crippen molar-refractivity contribution in [2.45, 2.75) is 30.8 Å². The monoisotopic (exact) mass is 234 g/mol. The molecule has 92 valence electrons. The van der Waals surface area contributed by atoms with Crippen LogP contribution in [0.1, 0.15) is 18.4 Å². The van der Waals surface area contributed by atoms with Crippen LogP contribution < -0.4 is 11.1 Å². The lowest BCUT2D eigenvalue weighted by Gasteiger charge is -2.18. The third-order valence-corrected chi connectivity index (χ3v) is 3.12. The number of nitrogens with one attached hydrogen (secondary N) is 1. The van der Waals surface area contributed by atoms with Gasteiger partial charge in [0.15, 0.2) is 0 Å². The van der Waals surface area contributed by atoms with E-state index in [2.05, 4.69) is 5.32 Å². The van der Waals surface area contributed by atoms with Gasteiger partial charge in [-0.1, -0.05) is 30.3 Å². The summed E-state index contributed by atoms with van der Waals surface area (Å²) in [6.45, 7) is -0.0727. The van der Waals surface area contributed by atoms with Crippen molar-refractivity contribution >= 4 is 5.91 Å². The van der Waals surface area contributed by atoms with Crippen molar-refractivity contribution in [3.8, 4) is 0 Å². The Hall–Kier alpha value is -1.39. The van der Waals surface area contributed by atoms with Gasteiger partial charge in [-0.2, -0.15) is 0 Å². The Morgan fingerprint density at radius 1 is 1.41 bits per heavy atom. The highest BCUT2D eigenvalue weighted by atomic mass is 16.3. The van der Waals surface area contributed by atoms with Gasteiger partial charge in [0.1, 0.15) is 0 Å². The van der Waals surface area contributed by atoms with Crippen molar-refractivity contribution in [3.05, 3.63) is 35.9 Å². The summed E-state index contributed by atoms with van der Waals surface area (Å²) in [5.41, 5.74) is 6.21. The largest absolute Gasteiger partial charge is 0.394 e. The summed E-state index contributed by atoms with van der Waals surface area (Å²) in [4.78, 5) is 11.7. The molecular formula is C13H18N2O2. The average molecular weight is 234 g/mol. The lowest BCUT2D eigenvalue weighted by atomic mass is 10.1. The van der Waals surface area contributed by atoms with Gasteiger partial charge in [0.2, 0.25) is 5.91 Å². The molecule has 0 saturated heterocycles. The molecule has 0 spiro atoms. The Labute approximate surface area is 101 Å². The molecule has 1 atom stereocenters. The second-order valence-electron chi connectivity index (χ2n) is 4.70. The highest BCUT2D eigenvalue weighted by Gasteiger charge is 2.46. The van der Waals surface area contributed by atoms with E-state index < -0.39 is 5.54 Å². The molecular weight excluding hydrogens is 216 g/mol. The molecule has 0 aliphatic heterocycles. The quantitative estimate of drug-likeness (QED) is 0.681. The number of hydrogen-bond acceptors (Lipinski definition) is 3. The summed E-state index contributed by atoms with van der Waals surface area (Å²) in [6, 6.07) is 9.52. The van der Waals surface area contributed by atoms with E-state index in [4.69, 9.17) is 5.73 Å². The molecule has 0 radical (unpaired) electrons. The Bertz CT molecular complexity index is 388. The maximum atomic E-state index is 11.7. The summed E-state index contributed by atoms with van der Waals surface area (Å²) in [7, 11) is 0. The third kappa shape index (κ3) is 3.05. The first-order valence-electron chi connectivity index (χ1n) is 5.89. The van der Waals surface area contributed by atoms with Crippen molar-refractivity contribution < 1.29 is 9.90 Å². The van der Waals surface area contributed by atoms with E-state index in [-0.39, 0.29) is 18.6 Å². The van der Waals surface area contributed by atoms with E-state index >= 15 is 0 Å². The first-order valence-corrected chi connectivity index (χ1v) is 5.89. The SMILES string of the molecule is NC1(C(=O)NC(CO)Cc2ccccc2)CC1. The minimum absolute atomic E-state index is 0.0727. The normalized spacial score (nSPS) is 18.5. The van der Waals surface area contributed by atoms with Crippen molar-refractivity contribution in [1.29, 1.82) is 0 Å². The summed E-state index contributed by atoms with van der Waals surface area (Å²) in [5, 5.41) is 12.1. The lowest BCUT2D eigenvalue weighted by Crippen LogP contribution is -2.49. The molecule has 1 aliphatic rings. The van der Waals surface area contributed by atoms with Gasteiger partial charge in [-0.3, -0.25) is 4.79 Å². The number of rotatable bonds is 5. The molecule has 0 aromatic heterocycles. The molecule has 4 N–H and O–H groups in total. The minimum Gasteiger partial charge on any atom is -0.394 e. The van der Waals surface area contributed by atoms with Gasteiger partial charge in [0.25, 0.3) is 0 Å². The van der Waals surface area contributed by atoms with Crippen LogP contribution in [0.3, 0.4) is 0 Å². The standard InChI is InChI=1S/C13H18N2O2/c14-13(6-7-13)12(17)15-11(9-16)8-10-4-2-1-3-5-10/h1-5,11,16H,6-9,14H2,(H,15,17). The zero-order valence-electron chi connectivity index (χ0n) is 9.73. The maximum absolute atomic E-state index is 11.7. The summed E-state index contributed by atoms with van der Waals surface area (Å²) >= 11 is 0. The van der Waals surface area contributed by atoms with Gasteiger partial charge >= 0.3 is 0 Å². The highest BCUT2D eigenvalue weighted by Crippen LogP contribution is 2.32. The van der Waals surface area contributed by atoms with Crippen molar-refractivity contribution in [1.82, 2.24) is 5.32 Å². The van der Waals surface area contributed by atoms with Crippen LogP contribution in [0.15, 0.2) is 30.3 Å². The molecule has 1 aliphatic carbocycles. The fourth-order valence-corrected chi connectivity index (χ4v) is 1.75. The molecule has 1 aromatic carbocycles. The van der Waals surface area contributed by atoms with Gasteiger partial charge in [-0.25, -0.2) is 0 Å². The molecule has 4 heteroatoms. The first kappa shape index (κ1) is 12.1. The Kier molecular flexibility index (Phi) is 3.45. The topological polar surface area (TPSA) is 75.4 Å². The molecule has 0 heterocycles. The fourth-order valence-electron chi connectivity index (χ4n) is 1.75. The Morgan fingerprint density at radius 2 is 2.06 bits per heavy atom. The van der Waals surface area contributed by atoms with Gasteiger partial charge in [-0.05, 0) is 24.8 Å². The van der Waals surface area contributed by atoms with E-state index in [1.807, 2.05) is 30.3 Å². The van der Waals surface area contributed by atoms with Crippen LogP contribution in [0.5, 0.6) is 0 Å². The number of benzene rings is 1. The van der Waals surface area contributed by atoms with Gasteiger partial charge in [0.05, 0.1) is 18.2 Å². The van der Waals surface area contributed by atoms with Gasteiger partial charge in [0, 0.05) is 0 Å². The highest BCUT2D eigenvalue weighted by molar-refractivity contribution is 5.89. The van der Waals surface area contributed by atoms with Crippen molar-refractivity contribution in [2.24, 2.45) is 5.73 Å². The zero-order valence-corrected chi connectivity index (χ0v) is 9.73. The molecule has 0 bridgehead atoms. The Balaban J connectivity index is 1.91. The summed E-state index contributed by atoms with van der Waals surface area (Å²) in [5.74, 6) is -0.146. The second-order valence-corrected chi connectivity index (χ2v) is 4.70. The summed E-state index contributed by atoms with van der Waals surface area (Å²) in [6.07, 6.45) is 2.10. The van der Waals surface area contributed by atoms with Crippen LogP contribution in [-0.2, 0) is 11.2 Å². The molecule has 1 fully saturated rings. The number of hydrogen-bond donors (Lipinski definition) is 3. The van der Waals surface area contributed by atoms with E-state index in [1.54, 1.807) is 0 Å². The smallest absolute Gasteiger partial charge is 0.240 e. The minimum atomic E-state index is -0.676. The van der Waals surface area contributed by atoms with Crippen LogP contribution in [0, 0.1) is 0 Å². The van der Waals surface area contributed by atoms with Crippen LogP contribution in [-0.4, -0.2) is 29.2 Å². The lowest BCUT2D eigenvalue weighted by molar-refractivity contribution is -0.124. The van der Waals surface area contributed by atoms with Crippen LogP contribution >= 0.6 is 0 Å². The molecule has 4 nitrogen and oxygen atoms in total. The van der Waals surface area contributed by atoms with E-state index in [9.17, 15) is 9.90 Å². The van der Waals surface area contributed by atoms with E-state index in [0.29, 0.717) is 6.42 Å². The number of amides is 1.